The van der Waals surface area contributed by atoms with Crippen LogP contribution in [0.15, 0.2) is 102 Å². The van der Waals surface area contributed by atoms with Gasteiger partial charge in [0.2, 0.25) is 23.8 Å². The van der Waals surface area contributed by atoms with Gasteiger partial charge in [-0.1, -0.05) is 61.5 Å². The Morgan fingerprint density at radius 3 is 1.75 bits per heavy atom. The molecule has 0 fully saturated rings. The van der Waals surface area contributed by atoms with E-state index in [2.05, 4.69) is 74.8 Å². The Kier molecular flexibility index (Phi) is 26.3. The fourth-order valence-electron chi connectivity index (χ4n) is 6.47. The number of hydrogen-bond acceptors (Lipinski definition) is 18. The van der Waals surface area contributed by atoms with Crippen molar-refractivity contribution in [3.8, 4) is 0 Å². The second kappa shape index (κ2) is 31.7. The Bertz CT molecular complexity index is 2550. The van der Waals surface area contributed by atoms with Gasteiger partial charge in [0.25, 0.3) is 0 Å². The first-order chi connectivity index (χ1) is 32.7. The van der Waals surface area contributed by atoms with Crippen LogP contribution in [0.1, 0.15) is 53.7 Å². The van der Waals surface area contributed by atoms with Crippen molar-refractivity contribution in [2.24, 2.45) is 0 Å². The number of anilines is 6. The summed E-state index contributed by atoms with van der Waals surface area (Å²) in [5.74, 6) is 2.40. The van der Waals surface area contributed by atoms with Gasteiger partial charge in [0.15, 0.2) is 0 Å². The number of benzene rings is 4. The van der Waals surface area contributed by atoms with Crippen molar-refractivity contribution in [3.05, 3.63) is 137 Å². The minimum absolute atomic E-state index is 0. The second-order valence-corrected chi connectivity index (χ2v) is 16.4. The van der Waals surface area contributed by atoms with Crippen LogP contribution in [0.2, 0.25) is 0 Å². The topological polar surface area (TPSA) is 245 Å². The normalized spacial score (nSPS) is 11.2. The summed E-state index contributed by atoms with van der Waals surface area (Å²) in [6, 6.07) is 32.6. The van der Waals surface area contributed by atoms with Crippen molar-refractivity contribution < 1.29 is 86.7 Å². The molecule has 4 aromatic carbocycles. The largest absolute Gasteiger partial charge is 1.00 e. The Morgan fingerprint density at radius 2 is 1.17 bits per heavy atom. The van der Waals surface area contributed by atoms with E-state index in [1.165, 1.54) is 6.07 Å². The zero-order valence-corrected chi connectivity index (χ0v) is 44.4. The Morgan fingerprint density at radius 1 is 0.623 bits per heavy atom. The van der Waals surface area contributed by atoms with Gasteiger partial charge in [0, 0.05) is 57.1 Å². The number of ether oxygens (including phenoxy) is 2. The summed E-state index contributed by atoms with van der Waals surface area (Å²) in [6.45, 7) is 8.29. The van der Waals surface area contributed by atoms with E-state index >= 15 is 0 Å². The van der Waals surface area contributed by atoms with Crippen LogP contribution in [0.4, 0.5) is 35.2 Å². The molecule has 0 aliphatic carbocycles. The van der Waals surface area contributed by atoms with E-state index in [0.29, 0.717) is 98.9 Å². The van der Waals surface area contributed by atoms with Crippen LogP contribution in [-0.2, 0) is 32.4 Å². The maximum atomic E-state index is 12.6. The molecule has 0 spiro atoms. The molecule has 2 aromatic heterocycles. The maximum absolute atomic E-state index is 12.6. The monoisotopic (exact) mass is 976 g/mol. The predicted octanol–water partition coefficient (Wildman–Crippen LogP) is -0.563. The smallest absolute Gasteiger partial charge is 0.744 e. The number of aliphatic hydroxyl groups is 1. The fraction of sp³-hybridized carbons (Fsp3) is 0.333. The Balaban J connectivity index is 0.00000518. The van der Waals surface area contributed by atoms with E-state index < -0.39 is 10.1 Å². The van der Waals surface area contributed by atoms with Crippen molar-refractivity contribution in [1.82, 2.24) is 40.5 Å². The minimum atomic E-state index is -4.87. The molecule has 0 saturated carbocycles. The molecule has 0 aliphatic heterocycles. The number of nitrogens with zero attached hydrogens (tertiary/aromatic N) is 6. The number of aromatic nitrogens is 6. The van der Waals surface area contributed by atoms with Crippen molar-refractivity contribution in [2.75, 3.05) is 93.6 Å². The third kappa shape index (κ3) is 21.2. The molecule has 0 unspecified atom stereocenters. The summed E-state index contributed by atoms with van der Waals surface area (Å²) in [4.78, 5) is 27.3. The number of rotatable bonds is 30. The number of hydrogen-bond donors (Lipinski definition) is 7. The first-order valence-corrected chi connectivity index (χ1v) is 23.7. The van der Waals surface area contributed by atoms with Crippen molar-refractivity contribution >= 4 is 57.4 Å². The van der Waals surface area contributed by atoms with E-state index in [1.54, 1.807) is 24.3 Å². The zero-order valence-electron chi connectivity index (χ0n) is 39.6. The van der Waals surface area contributed by atoms with E-state index in [4.69, 9.17) is 14.6 Å². The van der Waals surface area contributed by atoms with Gasteiger partial charge >= 0.3 is 59.1 Å². The standard InChI is InChI=1S/C48H59N12O6S.2Na/c1-2-22-49-24-25-50-26-27-52-46-56-44(58-48(60-46)54-41-12-7-4-8-13-41)35-38-19-21-39(42(33-38)67(62,63)64)20-18-36-14-16-37(17-15-36)34-43-55-45(51-23-9-29-65-31-32-66-30-28-61)59-47(57-43)53-40-10-5-3-6-11-40;;/h3-8,10-14,16-21,33,49-50,61H,2,9,22-32,34-35H2,1H3,(H,62,63,64)(H2,51,53,55,57,59)(H2,52,54,56,58,60);;/q-1;2*+1/p-1/b20-18+;;. The molecular formula is C48H58N12Na2O6S. The van der Waals surface area contributed by atoms with Crippen LogP contribution < -0.4 is 91.0 Å². The van der Waals surface area contributed by atoms with Crippen LogP contribution in [0.5, 0.6) is 0 Å². The van der Waals surface area contributed by atoms with Gasteiger partial charge in [-0.3, -0.25) is 0 Å². The molecule has 0 atom stereocenters. The number of aliphatic hydroxyl groups excluding tert-OH is 1. The molecule has 0 saturated heterocycles. The molecule has 0 radical (unpaired) electrons. The molecular weight excluding hydrogens is 919 g/mol. The van der Waals surface area contributed by atoms with Gasteiger partial charge < -0.3 is 51.0 Å². The first-order valence-electron chi connectivity index (χ1n) is 22.3. The minimum Gasteiger partial charge on any atom is -0.744 e. The third-order valence-electron chi connectivity index (χ3n) is 9.69. The molecule has 21 heteroatoms. The van der Waals surface area contributed by atoms with E-state index in [9.17, 15) is 13.0 Å². The number of nitrogens with one attached hydrogen (secondary N) is 6. The van der Waals surface area contributed by atoms with Crippen molar-refractivity contribution in [1.29, 1.82) is 0 Å². The van der Waals surface area contributed by atoms with Gasteiger partial charge in [-0.25, -0.2) is 8.42 Å². The first kappa shape index (κ1) is 57.1. The molecule has 6 aromatic rings. The zero-order chi connectivity index (χ0) is 46.9. The molecule has 6 rings (SSSR count). The van der Waals surface area contributed by atoms with Gasteiger partial charge in [-0.2, -0.15) is 35.5 Å². The van der Waals surface area contributed by atoms with Crippen LogP contribution in [0, 0.1) is 6.07 Å². The molecule has 0 aliphatic rings. The Labute approximate surface area is 449 Å². The van der Waals surface area contributed by atoms with E-state index in [-0.39, 0.29) is 89.2 Å². The van der Waals surface area contributed by atoms with E-state index in [0.717, 1.165) is 43.0 Å². The SMILES string of the molecule is CCCNCCNCCNc1nc(Cc2ccc(/C=C/c3[c-]cc(Cc4nc(NCCCOCCOCCO)nc(Nc5ccccc5)n4)cc3)c(S(=O)(=O)[O-])c2)nc(Nc2ccccc2)n1.[Na+].[Na+]. The average molecular weight is 977 g/mol. The van der Waals surface area contributed by atoms with E-state index in [1.807, 2.05) is 78.9 Å². The quantitative estimate of drug-likeness (QED) is 0.00983. The summed E-state index contributed by atoms with van der Waals surface area (Å²) in [5.41, 5.74) is 3.94. The molecule has 0 amide bonds. The van der Waals surface area contributed by atoms with Crippen LogP contribution in [0.3, 0.4) is 0 Å². The molecule has 69 heavy (non-hydrogen) atoms. The van der Waals surface area contributed by atoms with Gasteiger partial charge in [0.1, 0.15) is 21.8 Å². The molecule has 354 valence electrons. The molecule has 2 heterocycles. The molecule has 18 nitrogen and oxygen atoms in total. The average Bonchev–Trinajstić information content (AvgIpc) is 3.32. The second-order valence-electron chi connectivity index (χ2n) is 15.1. The van der Waals surface area contributed by atoms with Crippen LogP contribution in [0.25, 0.3) is 12.2 Å². The maximum Gasteiger partial charge on any atom is 1.00 e. The Hall–Kier alpha value is -4.45. The van der Waals surface area contributed by atoms with Gasteiger partial charge in [0.05, 0.1) is 31.3 Å². The summed E-state index contributed by atoms with van der Waals surface area (Å²) in [7, 11) is -4.87. The predicted molar refractivity (Wildman–Crippen MR) is 260 cm³/mol. The summed E-state index contributed by atoms with van der Waals surface area (Å²) in [5, 5.41) is 28.5. The summed E-state index contributed by atoms with van der Waals surface area (Å²) >= 11 is 0. The molecule has 0 bridgehead atoms. The van der Waals surface area contributed by atoms with Gasteiger partial charge in [-0.15, -0.1) is 35.9 Å². The summed E-state index contributed by atoms with van der Waals surface area (Å²) in [6.07, 6.45) is 5.61. The number of para-hydroxylation sites is 2. The third-order valence-corrected chi connectivity index (χ3v) is 10.6. The van der Waals surface area contributed by atoms with Crippen molar-refractivity contribution in [2.45, 2.75) is 37.5 Å². The van der Waals surface area contributed by atoms with Gasteiger partial charge in [-0.05, 0) is 67.3 Å². The fourth-order valence-corrected chi connectivity index (χ4v) is 7.19. The van der Waals surface area contributed by atoms with Crippen LogP contribution in [-0.4, -0.2) is 120 Å². The summed E-state index contributed by atoms with van der Waals surface area (Å²) < 4.78 is 48.7. The molecule has 7 N–H and O–H groups in total. The van der Waals surface area contributed by atoms with Crippen LogP contribution >= 0.6 is 0 Å². The van der Waals surface area contributed by atoms with Crippen molar-refractivity contribution in [3.63, 3.8) is 0 Å².